The summed E-state index contributed by atoms with van der Waals surface area (Å²) in [6.45, 7) is 2.21. The molecule has 0 aromatic carbocycles. The van der Waals surface area contributed by atoms with Gasteiger partial charge in [0.25, 0.3) is 11.8 Å². The average molecular weight is 606 g/mol. The molecular weight excluding hydrogens is 581 g/mol. The van der Waals surface area contributed by atoms with Crippen LogP contribution in [-0.2, 0) is 25.8 Å². The van der Waals surface area contributed by atoms with Crippen LogP contribution in [0.1, 0.15) is 12.6 Å². The smallest absolute Gasteiger partial charge is 0.352 e. The second kappa shape index (κ2) is 11.8. The summed E-state index contributed by atoms with van der Waals surface area (Å²) < 4.78 is 3.53. The Morgan fingerprint density at radius 1 is 1.40 bits per heavy atom. The molecule has 3 aromatic rings. The molecule has 5 heterocycles. The number of hydrogen-bond donors (Lipinski definition) is 4. The summed E-state index contributed by atoms with van der Waals surface area (Å²) in [5.74, 6) is -1.57. The number of anilines is 1. The first-order chi connectivity index (χ1) is 19.3. The molecular formula is C23H25N8O6S3+. The highest BCUT2D eigenvalue weighted by atomic mass is 32.2. The summed E-state index contributed by atoms with van der Waals surface area (Å²) in [5, 5.41) is 32.1. The molecule has 2 aliphatic heterocycles. The molecule has 0 radical (unpaired) electrons. The van der Waals surface area contributed by atoms with Gasteiger partial charge in [-0.05, 0) is 13.0 Å². The molecule has 14 nitrogen and oxygen atoms in total. The molecule has 0 bridgehead atoms. The molecule has 5 N–H and O–H groups in total. The van der Waals surface area contributed by atoms with Gasteiger partial charge in [-0.15, -0.1) is 39.4 Å². The third-order valence-electron chi connectivity index (χ3n) is 6.00. The lowest BCUT2D eigenvalue weighted by Crippen LogP contribution is -2.71. The second-order valence-corrected chi connectivity index (χ2v) is 11.6. The van der Waals surface area contributed by atoms with E-state index in [1.165, 1.54) is 28.4 Å². The fraction of sp³-hybridized carbons (Fsp3) is 0.348. The highest BCUT2D eigenvalue weighted by molar-refractivity contribution is 8.00. The van der Waals surface area contributed by atoms with Gasteiger partial charge in [0, 0.05) is 28.5 Å². The van der Waals surface area contributed by atoms with Crippen LogP contribution < -0.4 is 15.6 Å². The number of aliphatic hydroxyl groups excluding tert-OH is 1. The molecule has 5 rings (SSSR count). The number of oxime groups is 1. The van der Waals surface area contributed by atoms with E-state index in [1.54, 1.807) is 29.2 Å². The number of nitrogens with zero attached hydrogens (tertiary/aromatic N) is 6. The van der Waals surface area contributed by atoms with Crippen molar-refractivity contribution in [2.24, 2.45) is 5.16 Å². The van der Waals surface area contributed by atoms with E-state index in [4.69, 9.17) is 15.7 Å². The van der Waals surface area contributed by atoms with Crippen LogP contribution in [0.5, 0.6) is 0 Å². The van der Waals surface area contributed by atoms with Crippen LogP contribution in [0, 0.1) is 0 Å². The molecule has 1 fully saturated rings. The maximum Gasteiger partial charge on any atom is 0.352 e. The van der Waals surface area contributed by atoms with Crippen molar-refractivity contribution in [3.05, 3.63) is 46.9 Å². The molecule has 0 aliphatic carbocycles. The highest BCUT2D eigenvalue weighted by Crippen LogP contribution is 2.40. The summed E-state index contributed by atoms with van der Waals surface area (Å²) >= 11 is 3.92. The quantitative estimate of drug-likeness (QED) is 0.0753. The number of thiazole rings is 1. The number of nitrogens with one attached hydrogen (secondary N) is 1. The number of imidazole rings is 1. The minimum Gasteiger partial charge on any atom is -0.477 e. The number of carboxylic acids is 1. The van der Waals surface area contributed by atoms with Gasteiger partial charge in [0.05, 0.1) is 6.61 Å². The van der Waals surface area contributed by atoms with Crippen molar-refractivity contribution in [1.29, 1.82) is 0 Å². The number of aromatic nitrogens is 4. The number of fused-ring (bicyclic) bond motifs is 2. The van der Waals surface area contributed by atoms with E-state index >= 15 is 0 Å². The van der Waals surface area contributed by atoms with Gasteiger partial charge >= 0.3 is 11.6 Å². The maximum absolute atomic E-state index is 13.2. The van der Waals surface area contributed by atoms with Crippen molar-refractivity contribution in [2.75, 3.05) is 30.5 Å². The SMILES string of the molecule is CCO/N=C(\C(=O)N[C@@H]1C(=O)N2C(C(=O)O)=C(C[n+]3ccn4nc(SCCO)ccc43)CS[C@H]12)c1csc(N)n1. The zero-order valence-corrected chi connectivity index (χ0v) is 23.5. The largest absolute Gasteiger partial charge is 0.477 e. The lowest BCUT2D eigenvalue weighted by Gasteiger charge is -2.49. The molecule has 40 heavy (non-hydrogen) atoms. The van der Waals surface area contributed by atoms with E-state index in [2.05, 4.69) is 20.6 Å². The maximum atomic E-state index is 13.2. The lowest BCUT2D eigenvalue weighted by molar-refractivity contribution is -0.662. The number of nitrogens with two attached hydrogens (primary N) is 1. The predicted molar refractivity (Wildman–Crippen MR) is 148 cm³/mol. The van der Waals surface area contributed by atoms with Crippen LogP contribution in [0.15, 0.2) is 51.4 Å². The van der Waals surface area contributed by atoms with Crippen LogP contribution in [0.4, 0.5) is 5.13 Å². The second-order valence-electron chi connectivity index (χ2n) is 8.52. The molecule has 1 saturated heterocycles. The van der Waals surface area contributed by atoms with Gasteiger partial charge in [0.15, 0.2) is 17.0 Å². The first kappa shape index (κ1) is 27.9. The first-order valence-electron chi connectivity index (χ1n) is 12.1. The number of amides is 2. The first-order valence-corrected chi connectivity index (χ1v) is 15.0. The van der Waals surface area contributed by atoms with Gasteiger partial charge in [-0.2, -0.15) is 0 Å². The molecule has 2 aliphatic rings. The van der Waals surface area contributed by atoms with Crippen molar-refractivity contribution >= 4 is 69.1 Å². The number of aliphatic carboxylic acids is 1. The van der Waals surface area contributed by atoms with Gasteiger partial charge in [0.1, 0.15) is 47.2 Å². The Kier molecular flexibility index (Phi) is 8.24. The van der Waals surface area contributed by atoms with Gasteiger partial charge in [-0.1, -0.05) is 10.3 Å². The van der Waals surface area contributed by atoms with Crippen molar-refractivity contribution < 1.29 is 34.0 Å². The average Bonchev–Trinajstić information content (AvgIpc) is 3.55. The molecule has 2 amide bonds. The number of thioether (sulfide) groups is 2. The van der Waals surface area contributed by atoms with Crippen LogP contribution in [0.3, 0.4) is 0 Å². The Bertz CT molecular complexity index is 1540. The van der Waals surface area contributed by atoms with Gasteiger partial charge in [-0.3, -0.25) is 14.5 Å². The van der Waals surface area contributed by atoms with Crippen LogP contribution >= 0.6 is 34.9 Å². The molecule has 0 spiro atoms. The van der Waals surface area contributed by atoms with Crippen molar-refractivity contribution in [3.63, 3.8) is 0 Å². The highest BCUT2D eigenvalue weighted by Gasteiger charge is 2.54. The number of rotatable bonds is 11. The molecule has 17 heteroatoms. The van der Waals surface area contributed by atoms with E-state index < -0.39 is 29.2 Å². The Morgan fingerprint density at radius 3 is 2.92 bits per heavy atom. The summed E-state index contributed by atoms with van der Waals surface area (Å²) in [7, 11) is 0. The minimum absolute atomic E-state index is 0.0452. The van der Waals surface area contributed by atoms with Crippen LogP contribution in [0.2, 0.25) is 0 Å². The Hall–Kier alpha value is -3.67. The van der Waals surface area contributed by atoms with E-state index in [9.17, 15) is 19.5 Å². The van der Waals surface area contributed by atoms with E-state index in [0.717, 1.165) is 22.0 Å². The van der Waals surface area contributed by atoms with E-state index in [1.807, 2.05) is 16.7 Å². The number of hydrogen-bond acceptors (Lipinski definition) is 12. The zero-order valence-electron chi connectivity index (χ0n) is 21.1. The zero-order chi connectivity index (χ0) is 28.4. The molecule has 210 valence electrons. The van der Waals surface area contributed by atoms with E-state index in [-0.39, 0.29) is 42.0 Å². The molecule has 3 aromatic heterocycles. The van der Waals surface area contributed by atoms with Crippen molar-refractivity contribution in [3.8, 4) is 0 Å². The minimum atomic E-state index is -1.22. The summed E-state index contributed by atoms with van der Waals surface area (Å²) in [6.07, 6.45) is 3.55. The standard InChI is InChI=1S/C23H24N8O6S3/c1-2-37-28-16(13-11-40-23(24)25-13)19(33)26-17-20(34)31-18(22(35)36)12(10-39-21(17)31)9-29-5-6-30-15(29)4-3-14(27-30)38-8-7-32/h3-6,11,17,21,32H,2,7-10H2,1H3,(H3-,24,25,26,33,35,36)/p+1/b28-16-/t17-,21-/m1/s1. The Morgan fingerprint density at radius 2 is 2.23 bits per heavy atom. The van der Waals surface area contributed by atoms with Crippen LogP contribution in [0.25, 0.3) is 5.65 Å². The third-order valence-corrected chi connectivity index (χ3v) is 8.92. The van der Waals surface area contributed by atoms with Crippen molar-refractivity contribution in [2.45, 2.75) is 29.9 Å². The van der Waals surface area contributed by atoms with Crippen LogP contribution in [-0.4, -0.2) is 89.3 Å². The number of carbonyl (C=O) groups is 3. The summed E-state index contributed by atoms with van der Waals surface area (Å²) in [6, 6.07) is 2.75. The number of aliphatic hydroxyl groups is 1. The van der Waals surface area contributed by atoms with Gasteiger partial charge in [0.2, 0.25) is 0 Å². The number of carboxylic acid groups (broad SMARTS) is 1. The van der Waals surface area contributed by atoms with E-state index in [0.29, 0.717) is 17.1 Å². The summed E-state index contributed by atoms with van der Waals surface area (Å²) in [5.41, 5.74) is 6.98. The van der Waals surface area contributed by atoms with Gasteiger partial charge < -0.3 is 26.1 Å². The Labute approximate surface area is 239 Å². The molecule has 0 saturated carbocycles. The van der Waals surface area contributed by atoms with Gasteiger partial charge in [-0.25, -0.2) is 14.3 Å². The Balaban J connectivity index is 1.34. The number of carbonyl (C=O) groups excluding carboxylic acids is 2. The number of nitrogen functional groups attached to an aromatic ring is 1. The fourth-order valence-electron chi connectivity index (χ4n) is 4.28. The third kappa shape index (κ3) is 5.36. The molecule has 2 atom stereocenters. The monoisotopic (exact) mass is 605 g/mol. The number of β-lactam (4-membered cyclic amide) rings is 1. The topological polar surface area (TPSA) is 189 Å². The lowest BCUT2D eigenvalue weighted by atomic mass is 10.0. The normalized spacial score (nSPS) is 19.0. The fourth-order valence-corrected chi connectivity index (χ4v) is 6.77. The van der Waals surface area contributed by atoms with Crippen molar-refractivity contribution in [1.82, 2.24) is 24.8 Å². The predicted octanol–water partition coefficient (Wildman–Crippen LogP) is -0.0757. The molecule has 0 unspecified atom stereocenters. The summed E-state index contributed by atoms with van der Waals surface area (Å²) in [4.78, 5) is 48.9.